The van der Waals surface area contributed by atoms with Gasteiger partial charge in [-0.15, -0.1) is 0 Å². The summed E-state index contributed by atoms with van der Waals surface area (Å²) in [5.41, 5.74) is 3.20. The molecule has 4 nitrogen and oxygen atoms in total. The van der Waals surface area contributed by atoms with Crippen LogP contribution in [0.3, 0.4) is 0 Å². The van der Waals surface area contributed by atoms with Crippen molar-refractivity contribution in [2.75, 3.05) is 5.75 Å². The lowest BCUT2D eigenvalue weighted by Crippen LogP contribution is -2.36. The largest absolute Gasteiger partial charge is 0.353 e. The van der Waals surface area contributed by atoms with Crippen LogP contribution >= 0.6 is 11.8 Å². The lowest BCUT2D eigenvalue weighted by Gasteiger charge is -2.20. The lowest BCUT2D eigenvalue weighted by atomic mass is 9.97. The predicted molar refractivity (Wildman–Crippen MR) is 95.8 cm³/mol. The van der Waals surface area contributed by atoms with E-state index in [1.54, 1.807) is 0 Å². The zero-order chi connectivity index (χ0) is 16.1. The van der Waals surface area contributed by atoms with Crippen LogP contribution in [0.25, 0.3) is 11.0 Å². The molecule has 0 atom stereocenters. The normalized spacial score (nSPS) is 16.9. The molecule has 1 aromatic carbocycles. The zero-order valence-corrected chi connectivity index (χ0v) is 14.5. The molecule has 0 spiro atoms. The Bertz CT molecular complexity index is 659. The smallest absolute Gasteiger partial charge is 0.230 e. The highest BCUT2D eigenvalue weighted by Gasteiger charge is 2.14. The number of aromatic amines is 1. The minimum Gasteiger partial charge on any atom is -0.353 e. The van der Waals surface area contributed by atoms with Crippen LogP contribution in [0.15, 0.2) is 23.4 Å². The molecule has 1 aliphatic carbocycles. The van der Waals surface area contributed by atoms with E-state index in [-0.39, 0.29) is 5.91 Å². The zero-order valence-electron chi connectivity index (χ0n) is 13.7. The van der Waals surface area contributed by atoms with Gasteiger partial charge in [-0.05, 0) is 37.5 Å². The fourth-order valence-corrected chi connectivity index (χ4v) is 3.87. The first-order chi connectivity index (χ1) is 11.2. The highest BCUT2D eigenvalue weighted by atomic mass is 32.2. The van der Waals surface area contributed by atoms with Gasteiger partial charge in [0.2, 0.25) is 5.91 Å². The number of rotatable bonds is 4. The number of aromatic nitrogens is 2. The molecular formula is C18H25N3OS. The molecule has 23 heavy (non-hydrogen) atoms. The number of fused-ring (bicyclic) bond motifs is 1. The summed E-state index contributed by atoms with van der Waals surface area (Å²) < 4.78 is 0. The molecule has 1 saturated carbocycles. The topological polar surface area (TPSA) is 57.8 Å². The summed E-state index contributed by atoms with van der Waals surface area (Å²) in [5.74, 6) is 0.548. The number of nitrogens with zero attached hydrogens (tertiary/aromatic N) is 1. The first kappa shape index (κ1) is 16.4. The van der Waals surface area contributed by atoms with Gasteiger partial charge in [0.15, 0.2) is 5.16 Å². The van der Waals surface area contributed by atoms with Crippen molar-refractivity contribution in [2.45, 2.75) is 63.1 Å². The van der Waals surface area contributed by atoms with Gasteiger partial charge in [0, 0.05) is 6.04 Å². The average Bonchev–Trinajstić information content (AvgIpc) is 2.90. The number of carbonyl (C=O) groups is 1. The highest BCUT2D eigenvalue weighted by molar-refractivity contribution is 7.99. The number of amides is 1. The van der Waals surface area contributed by atoms with Crippen LogP contribution in [-0.2, 0) is 4.79 Å². The predicted octanol–water partition coefficient (Wildman–Crippen LogP) is 4.19. The van der Waals surface area contributed by atoms with Crippen LogP contribution in [0.2, 0.25) is 0 Å². The molecule has 1 fully saturated rings. The van der Waals surface area contributed by atoms with Gasteiger partial charge in [0.1, 0.15) is 0 Å². The van der Waals surface area contributed by atoms with Gasteiger partial charge in [0.25, 0.3) is 0 Å². The number of hydrogen-bond acceptors (Lipinski definition) is 3. The minimum absolute atomic E-state index is 0.122. The number of hydrogen-bond donors (Lipinski definition) is 2. The van der Waals surface area contributed by atoms with E-state index in [4.69, 9.17) is 0 Å². The molecule has 0 bridgehead atoms. The van der Waals surface area contributed by atoms with Gasteiger partial charge < -0.3 is 10.3 Å². The average molecular weight is 331 g/mol. The molecule has 0 aliphatic heterocycles. The number of thioether (sulfide) groups is 1. The van der Waals surface area contributed by atoms with Gasteiger partial charge in [0.05, 0.1) is 16.8 Å². The third-order valence-corrected chi connectivity index (χ3v) is 5.30. The van der Waals surface area contributed by atoms with Gasteiger partial charge in [-0.3, -0.25) is 4.79 Å². The van der Waals surface area contributed by atoms with Crippen molar-refractivity contribution in [3.63, 3.8) is 0 Å². The van der Waals surface area contributed by atoms with E-state index >= 15 is 0 Å². The fraction of sp³-hybridized carbons (Fsp3) is 0.556. The Morgan fingerprint density at radius 1 is 1.26 bits per heavy atom. The van der Waals surface area contributed by atoms with Crippen LogP contribution in [0.1, 0.15) is 50.5 Å². The summed E-state index contributed by atoms with van der Waals surface area (Å²) in [5, 5.41) is 4.02. The SMILES string of the molecule is Cc1ccc2nc(SCC(=O)NC3CCCCCCC3)[nH]c2c1. The Balaban J connectivity index is 1.51. The molecule has 1 aromatic heterocycles. The fourth-order valence-electron chi connectivity index (χ4n) is 3.17. The van der Waals surface area contributed by atoms with Crippen LogP contribution in [0.4, 0.5) is 0 Å². The molecule has 5 heteroatoms. The molecule has 1 heterocycles. The first-order valence-electron chi connectivity index (χ1n) is 8.59. The maximum Gasteiger partial charge on any atom is 0.230 e. The van der Waals surface area contributed by atoms with Crippen molar-refractivity contribution in [1.29, 1.82) is 0 Å². The Morgan fingerprint density at radius 3 is 2.78 bits per heavy atom. The van der Waals surface area contributed by atoms with Gasteiger partial charge >= 0.3 is 0 Å². The molecule has 1 amide bonds. The standard InChI is InChI=1S/C18H25N3OS/c1-13-9-10-15-16(11-13)21-18(20-15)23-12-17(22)19-14-7-5-3-2-4-6-8-14/h9-11,14H,2-8,12H2,1H3,(H,19,22)(H,20,21). The quantitative estimate of drug-likeness (QED) is 0.826. The third-order valence-electron chi connectivity index (χ3n) is 4.43. The van der Waals surface area contributed by atoms with Gasteiger partial charge in [-0.25, -0.2) is 4.98 Å². The number of benzene rings is 1. The Kier molecular flexibility index (Phi) is 5.60. The number of H-pyrrole nitrogens is 1. The van der Waals surface area contributed by atoms with Gasteiger partial charge in [-0.2, -0.15) is 0 Å². The van der Waals surface area contributed by atoms with E-state index in [0.717, 1.165) is 29.0 Å². The van der Waals surface area contributed by atoms with E-state index in [1.165, 1.54) is 49.4 Å². The van der Waals surface area contributed by atoms with Crippen molar-refractivity contribution in [2.24, 2.45) is 0 Å². The van der Waals surface area contributed by atoms with Crippen molar-refractivity contribution in [1.82, 2.24) is 15.3 Å². The second kappa shape index (κ2) is 7.86. The van der Waals surface area contributed by atoms with Crippen molar-refractivity contribution in [3.8, 4) is 0 Å². The van der Waals surface area contributed by atoms with E-state index in [0.29, 0.717) is 11.8 Å². The first-order valence-corrected chi connectivity index (χ1v) is 9.58. The Labute approximate surface area is 141 Å². The third kappa shape index (κ3) is 4.74. The maximum atomic E-state index is 12.2. The molecule has 1 aliphatic rings. The summed E-state index contributed by atoms with van der Waals surface area (Å²) in [7, 11) is 0. The summed E-state index contributed by atoms with van der Waals surface area (Å²) in [6.45, 7) is 2.07. The van der Waals surface area contributed by atoms with Gasteiger partial charge in [-0.1, -0.05) is 49.9 Å². The number of nitrogens with one attached hydrogen (secondary N) is 2. The van der Waals surface area contributed by atoms with Crippen LogP contribution in [0.5, 0.6) is 0 Å². The Hall–Kier alpha value is -1.49. The van der Waals surface area contributed by atoms with Crippen molar-refractivity contribution < 1.29 is 4.79 Å². The van der Waals surface area contributed by atoms with Crippen molar-refractivity contribution in [3.05, 3.63) is 23.8 Å². The molecule has 0 saturated heterocycles. The molecule has 2 aromatic rings. The van der Waals surface area contributed by atoms with E-state index < -0.39 is 0 Å². The molecular weight excluding hydrogens is 306 g/mol. The van der Waals surface area contributed by atoms with E-state index in [2.05, 4.69) is 34.3 Å². The van der Waals surface area contributed by atoms with E-state index in [1.807, 2.05) is 6.07 Å². The second-order valence-electron chi connectivity index (χ2n) is 6.46. The molecule has 0 radical (unpaired) electrons. The van der Waals surface area contributed by atoms with Crippen molar-refractivity contribution >= 4 is 28.7 Å². The Morgan fingerprint density at radius 2 is 2.00 bits per heavy atom. The number of carbonyl (C=O) groups excluding carboxylic acids is 1. The summed E-state index contributed by atoms with van der Waals surface area (Å²) in [4.78, 5) is 20.0. The molecule has 0 unspecified atom stereocenters. The number of imidazole rings is 1. The summed E-state index contributed by atoms with van der Waals surface area (Å²) >= 11 is 1.48. The molecule has 3 rings (SSSR count). The maximum absolute atomic E-state index is 12.2. The molecule has 2 N–H and O–H groups in total. The lowest BCUT2D eigenvalue weighted by molar-refractivity contribution is -0.119. The summed E-state index contributed by atoms with van der Waals surface area (Å²) in [6.07, 6.45) is 8.68. The highest BCUT2D eigenvalue weighted by Crippen LogP contribution is 2.21. The van der Waals surface area contributed by atoms with E-state index in [9.17, 15) is 4.79 Å². The summed E-state index contributed by atoms with van der Waals surface area (Å²) in [6, 6.07) is 6.52. The monoisotopic (exact) mass is 331 g/mol. The number of aryl methyl sites for hydroxylation is 1. The minimum atomic E-state index is 0.122. The van der Waals surface area contributed by atoms with Crippen LogP contribution in [-0.4, -0.2) is 27.7 Å². The van der Waals surface area contributed by atoms with Crippen LogP contribution in [0, 0.1) is 6.92 Å². The molecule has 124 valence electrons. The second-order valence-corrected chi connectivity index (χ2v) is 7.42. The van der Waals surface area contributed by atoms with Crippen LogP contribution < -0.4 is 5.32 Å².